The van der Waals surface area contributed by atoms with Crippen LogP contribution < -0.4 is 5.73 Å². The summed E-state index contributed by atoms with van der Waals surface area (Å²) >= 11 is 11.4. The first-order chi connectivity index (χ1) is 6.15. The maximum absolute atomic E-state index is 9.54. The molecule has 1 aromatic heterocycles. The van der Waals surface area contributed by atoms with E-state index in [9.17, 15) is 5.11 Å². The molecule has 72 valence electrons. The summed E-state index contributed by atoms with van der Waals surface area (Å²) in [4.78, 5) is 3.82. The Hall–Kier alpha value is -0.350. The molecule has 0 aromatic carbocycles. The molecule has 3 nitrogen and oxygen atoms in total. The third kappa shape index (κ3) is 2.81. The van der Waals surface area contributed by atoms with E-state index in [0.29, 0.717) is 28.7 Å². The van der Waals surface area contributed by atoms with Crippen molar-refractivity contribution in [3.63, 3.8) is 0 Å². The van der Waals surface area contributed by atoms with E-state index in [0.717, 1.165) is 0 Å². The zero-order valence-electron chi connectivity index (χ0n) is 6.87. The number of hydrogen-bond acceptors (Lipinski definition) is 3. The average molecular weight is 221 g/mol. The molecule has 3 N–H and O–H groups in total. The Morgan fingerprint density at radius 1 is 1.54 bits per heavy atom. The Kier molecular flexibility index (Phi) is 3.93. The van der Waals surface area contributed by atoms with Gasteiger partial charge in [-0.3, -0.25) is 0 Å². The maximum Gasteiger partial charge on any atom is 0.130 e. The fourth-order valence-electron chi connectivity index (χ4n) is 0.977. The third-order valence-electron chi connectivity index (χ3n) is 1.65. The highest BCUT2D eigenvalue weighted by atomic mass is 35.5. The van der Waals surface area contributed by atoms with E-state index in [1.165, 1.54) is 12.3 Å². The Labute approximate surface area is 86.5 Å². The SMILES string of the molecule is NCC[C@@H](O)c1cnc(Cl)cc1Cl. The largest absolute Gasteiger partial charge is 0.388 e. The second-order valence-electron chi connectivity index (χ2n) is 2.62. The van der Waals surface area contributed by atoms with Crippen LogP contribution in [0.5, 0.6) is 0 Å². The van der Waals surface area contributed by atoms with E-state index < -0.39 is 6.10 Å². The first-order valence-electron chi connectivity index (χ1n) is 3.84. The Morgan fingerprint density at radius 3 is 2.77 bits per heavy atom. The maximum atomic E-state index is 9.54. The van der Waals surface area contributed by atoms with Crippen molar-refractivity contribution in [3.8, 4) is 0 Å². The Balaban J connectivity index is 2.88. The number of aliphatic hydroxyl groups is 1. The van der Waals surface area contributed by atoms with Gasteiger partial charge in [-0.25, -0.2) is 4.98 Å². The van der Waals surface area contributed by atoms with Gasteiger partial charge in [0, 0.05) is 11.8 Å². The van der Waals surface area contributed by atoms with Crippen molar-refractivity contribution in [2.24, 2.45) is 5.73 Å². The van der Waals surface area contributed by atoms with Gasteiger partial charge in [-0.2, -0.15) is 0 Å². The molecule has 0 saturated carbocycles. The molecular weight excluding hydrogens is 211 g/mol. The second kappa shape index (κ2) is 4.77. The number of nitrogens with zero attached hydrogens (tertiary/aromatic N) is 1. The molecule has 1 rings (SSSR count). The summed E-state index contributed by atoms with van der Waals surface area (Å²) in [5.41, 5.74) is 5.86. The number of aromatic nitrogens is 1. The standard InChI is InChI=1S/C8H10Cl2N2O/c9-6-3-8(10)12-4-5(6)7(13)1-2-11/h3-4,7,13H,1-2,11H2/t7-/m1/s1. The molecule has 1 aromatic rings. The van der Waals surface area contributed by atoms with Gasteiger partial charge in [0.25, 0.3) is 0 Å². The number of halogens is 2. The van der Waals surface area contributed by atoms with Crippen molar-refractivity contribution in [3.05, 3.63) is 28.0 Å². The van der Waals surface area contributed by atoms with E-state index in [1.807, 2.05) is 0 Å². The number of nitrogens with two attached hydrogens (primary N) is 1. The van der Waals surface area contributed by atoms with Gasteiger partial charge in [-0.05, 0) is 19.0 Å². The minimum absolute atomic E-state index is 0.314. The van der Waals surface area contributed by atoms with E-state index in [2.05, 4.69) is 4.98 Å². The van der Waals surface area contributed by atoms with Crippen LogP contribution in [0.3, 0.4) is 0 Å². The van der Waals surface area contributed by atoms with Gasteiger partial charge in [0.2, 0.25) is 0 Å². The van der Waals surface area contributed by atoms with Gasteiger partial charge >= 0.3 is 0 Å². The summed E-state index contributed by atoms with van der Waals surface area (Å²) in [5.74, 6) is 0. The van der Waals surface area contributed by atoms with Crippen LogP contribution in [0.1, 0.15) is 18.1 Å². The van der Waals surface area contributed by atoms with Gasteiger partial charge in [0.1, 0.15) is 5.15 Å². The third-order valence-corrected chi connectivity index (χ3v) is 2.18. The number of aliphatic hydroxyl groups excluding tert-OH is 1. The molecule has 0 saturated heterocycles. The summed E-state index contributed by atoms with van der Waals surface area (Å²) in [7, 11) is 0. The Bertz CT molecular complexity index is 293. The minimum atomic E-state index is -0.665. The topological polar surface area (TPSA) is 59.1 Å². The zero-order chi connectivity index (χ0) is 9.84. The lowest BCUT2D eigenvalue weighted by atomic mass is 10.1. The number of rotatable bonds is 3. The zero-order valence-corrected chi connectivity index (χ0v) is 8.39. The highest BCUT2D eigenvalue weighted by molar-refractivity contribution is 6.34. The lowest BCUT2D eigenvalue weighted by Gasteiger charge is -2.10. The predicted octanol–water partition coefficient (Wildman–Crippen LogP) is 1.77. The molecule has 0 aliphatic heterocycles. The minimum Gasteiger partial charge on any atom is -0.388 e. The molecule has 0 spiro atoms. The normalized spacial score (nSPS) is 12.9. The van der Waals surface area contributed by atoms with Crippen molar-refractivity contribution < 1.29 is 5.11 Å². The molecule has 0 radical (unpaired) electrons. The van der Waals surface area contributed by atoms with E-state index in [1.54, 1.807) is 0 Å². The fraction of sp³-hybridized carbons (Fsp3) is 0.375. The van der Waals surface area contributed by atoms with Crippen molar-refractivity contribution in [1.29, 1.82) is 0 Å². The first kappa shape index (κ1) is 10.7. The lowest BCUT2D eigenvalue weighted by Crippen LogP contribution is -2.07. The molecule has 1 atom stereocenters. The monoisotopic (exact) mass is 220 g/mol. The van der Waals surface area contributed by atoms with Crippen LogP contribution in [0.4, 0.5) is 0 Å². The van der Waals surface area contributed by atoms with Crippen LogP contribution in [0, 0.1) is 0 Å². The quantitative estimate of drug-likeness (QED) is 0.764. The van der Waals surface area contributed by atoms with Gasteiger partial charge in [-0.1, -0.05) is 23.2 Å². The van der Waals surface area contributed by atoms with Crippen LogP contribution in [-0.4, -0.2) is 16.6 Å². The lowest BCUT2D eigenvalue weighted by molar-refractivity contribution is 0.170. The van der Waals surface area contributed by atoms with E-state index >= 15 is 0 Å². The number of hydrogen-bond donors (Lipinski definition) is 2. The molecule has 0 aliphatic carbocycles. The fourth-order valence-corrected chi connectivity index (χ4v) is 1.47. The molecule has 0 amide bonds. The second-order valence-corrected chi connectivity index (χ2v) is 3.42. The summed E-state index contributed by atoms with van der Waals surface area (Å²) < 4.78 is 0. The highest BCUT2D eigenvalue weighted by Crippen LogP contribution is 2.25. The molecular formula is C8H10Cl2N2O. The van der Waals surface area contributed by atoms with Crippen LogP contribution in [0.2, 0.25) is 10.2 Å². The van der Waals surface area contributed by atoms with Crippen LogP contribution in [0.25, 0.3) is 0 Å². The Morgan fingerprint density at radius 2 is 2.23 bits per heavy atom. The van der Waals surface area contributed by atoms with Gasteiger partial charge in [-0.15, -0.1) is 0 Å². The number of pyridine rings is 1. The highest BCUT2D eigenvalue weighted by Gasteiger charge is 2.11. The van der Waals surface area contributed by atoms with Crippen molar-refractivity contribution >= 4 is 23.2 Å². The van der Waals surface area contributed by atoms with Crippen molar-refractivity contribution in [2.75, 3.05) is 6.54 Å². The van der Waals surface area contributed by atoms with Crippen LogP contribution >= 0.6 is 23.2 Å². The summed E-state index contributed by atoms with van der Waals surface area (Å²) in [5, 5.41) is 10.3. The average Bonchev–Trinajstić information content (AvgIpc) is 2.04. The van der Waals surface area contributed by atoms with Gasteiger partial charge in [0.15, 0.2) is 0 Å². The molecule has 0 unspecified atom stereocenters. The molecule has 13 heavy (non-hydrogen) atoms. The van der Waals surface area contributed by atoms with Crippen LogP contribution in [-0.2, 0) is 0 Å². The van der Waals surface area contributed by atoms with E-state index in [-0.39, 0.29) is 0 Å². The smallest absolute Gasteiger partial charge is 0.130 e. The van der Waals surface area contributed by atoms with Crippen molar-refractivity contribution in [2.45, 2.75) is 12.5 Å². The van der Waals surface area contributed by atoms with Gasteiger partial charge in [0.05, 0.1) is 11.1 Å². The molecule has 5 heteroatoms. The van der Waals surface area contributed by atoms with E-state index in [4.69, 9.17) is 28.9 Å². The molecule has 1 heterocycles. The molecule has 0 bridgehead atoms. The van der Waals surface area contributed by atoms with Crippen LogP contribution in [0.15, 0.2) is 12.3 Å². The molecule has 0 aliphatic rings. The summed E-state index contributed by atoms with van der Waals surface area (Å²) in [6, 6.07) is 1.50. The molecule has 0 fully saturated rings. The van der Waals surface area contributed by atoms with Gasteiger partial charge < -0.3 is 10.8 Å². The first-order valence-corrected chi connectivity index (χ1v) is 4.60. The summed E-state index contributed by atoms with van der Waals surface area (Å²) in [6.07, 6.45) is 1.26. The summed E-state index contributed by atoms with van der Waals surface area (Å²) in [6.45, 7) is 0.403. The van der Waals surface area contributed by atoms with Crippen molar-refractivity contribution in [1.82, 2.24) is 4.98 Å². The predicted molar refractivity (Wildman–Crippen MR) is 52.9 cm³/mol.